The van der Waals surface area contributed by atoms with Gasteiger partial charge in [0, 0.05) is 31.2 Å². The Morgan fingerprint density at radius 3 is 2.44 bits per heavy atom. The Hall–Kier alpha value is -2.75. The van der Waals surface area contributed by atoms with Gasteiger partial charge < -0.3 is 24.6 Å². The highest BCUT2D eigenvalue weighted by molar-refractivity contribution is 5.89. The van der Waals surface area contributed by atoms with E-state index in [9.17, 15) is 34.2 Å². The summed E-state index contributed by atoms with van der Waals surface area (Å²) in [5.41, 5.74) is 0.449. The number of carboxylic acid groups (broad SMARTS) is 2. The standard InChI is InChI=1S/C35H51NO9/c1-4-5-6-7-10-30(40)44-22-13-15-34(2)21(18-22)19-26(31-23-11-12-28(37)35(23,3)16-14-24(31)34)45-27(20-29(38)39)32(41)36-17-8-9-25(36)33(42)43/h19,22-27,31H,4-18,20H2,1-3H3,(H,38,39)(H,42,43)/t22-,23-,24-,25-,26+,27?,31-,34-,35-/m0/s1. The summed E-state index contributed by atoms with van der Waals surface area (Å²) in [4.78, 5) is 64.8. The maximum absolute atomic E-state index is 13.8. The number of unbranched alkanes of at least 4 members (excludes halogenated alkanes) is 3. The van der Waals surface area contributed by atoms with Crippen molar-refractivity contribution in [2.45, 2.75) is 141 Å². The fourth-order valence-electron chi connectivity index (χ4n) is 9.55. The quantitative estimate of drug-likeness (QED) is 0.166. The smallest absolute Gasteiger partial charge is 0.326 e. The van der Waals surface area contributed by atoms with E-state index in [2.05, 4.69) is 26.8 Å². The highest BCUT2D eigenvalue weighted by Crippen LogP contribution is 2.64. The zero-order chi connectivity index (χ0) is 32.5. The van der Waals surface area contributed by atoms with E-state index in [0.29, 0.717) is 32.1 Å². The van der Waals surface area contributed by atoms with Crippen LogP contribution in [0.25, 0.3) is 0 Å². The first-order valence-electron chi connectivity index (χ1n) is 17.2. The van der Waals surface area contributed by atoms with Crippen LogP contribution >= 0.6 is 0 Å². The average Bonchev–Trinajstić information content (AvgIpc) is 3.60. The van der Waals surface area contributed by atoms with Gasteiger partial charge in [-0.25, -0.2) is 4.79 Å². The second-order valence-electron chi connectivity index (χ2n) is 14.7. The van der Waals surface area contributed by atoms with Gasteiger partial charge in [0.1, 0.15) is 24.0 Å². The lowest BCUT2D eigenvalue weighted by atomic mass is 9.47. The number of likely N-dealkylation sites (tertiary alicyclic amines) is 1. The van der Waals surface area contributed by atoms with Crippen LogP contribution in [0.5, 0.6) is 0 Å². The molecule has 1 unspecified atom stereocenters. The van der Waals surface area contributed by atoms with Crippen LogP contribution in [0.1, 0.15) is 117 Å². The first-order valence-corrected chi connectivity index (χ1v) is 17.2. The number of nitrogens with zero attached hydrogens (tertiary/aromatic N) is 1. The number of fused-ring (bicyclic) bond motifs is 5. The maximum Gasteiger partial charge on any atom is 0.326 e. The Kier molecular flexibility index (Phi) is 10.1. The summed E-state index contributed by atoms with van der Waals surface area (Å²) in [5.74, 6) is -2.70. The number of hydrogen-bond acceptors (Lipinski definition) is 7. The van der Waals surface area contributed by atoms with Crippen LogP contribution in [0.15, 0.2) is 11.6 Å². The highest BCUT2D eigenvalue weighted by Gasteiger charge is 2.61. The molecule has 1 saturated heterocycles. The lowest BCUT2D eigenvalue weighted by Gasteiger charge is -2.58. The SMILES string of the molecule is CCCCCCC(=O)O[C@H]1CC[C@@]2(C)C(=C[C@@H](OC(CC(=O)O)C(=O)N3CCC[C@H]3C(=O)O)[C@@H]3[C@@H]2CC[C@]2(C)C(=O)CC[C@@H]32)C1. The molecule has 0 aromatic carbocycles. The summed E-state index contributed by atoms with van der Waals surface area (Å²) in [6.45, 7) is 6.70. The number of ketones is 1. The van der Waals surface area contributed by atoms with Gasteiger partial charge in [0.25, 0.3) is 5.91 Å². The van der Waals surface area contributed by atoms with E-state index in [1.54, 1.807) is 0 Å². The van der Waals surface area contributed by atoms with Crippen molar-refractivity contribution in [3.8, 4) is 0 Å². The maximum atomic E-state index is 13.8. The number of carboxylic acids is 2. The molecule has 10 heteroatoms. The van der Waals surface area contributed by atoms with Crippen molar-refractivity contribution in [2.75, 3.05) is 6.54 Å². The van der Waals surface area contributed by atoms with Gasteiger partial charge in [0.15, 0.2) is 0 Å². The summed E-state index contributed by atoms with van der Waals surface area (Å²) in [5, 5.41) is 19.5. The lowest BCUT2D eigenvalue weighted by molar-refractivity contribution is -0.168. The van der Waals surface area contributed by atoms with Crippen LogP contribution in [0.3, 0.4) is 0 Å². The van der Waals surface area contributed by atoms with Crippen molar-refractivity contribution in [1.82, 2.24) is 4.90 Å². The molecule has 10 nitrogen and oxygen atoms in total. The number of rotatable bonds is 12. The van der Waals surface area contributed by atoms with Crippen LogP contribution < -0.4 is 0 Å². The molecular weight excluding hydrogens is 578 g/mol. The first kappa shape index (κ1) is 33.6. The number of hydrogen-bond donors (Lipinski definition) is 2. The molecule has 1 amide bonds. The van der Waals surface area contributed by atoms with Gasteiger partial charge >= 0.3 is 17.9 Å². The molecule has 0 radical (unpaired) electrons. The molecule has 4 aliphatic carbocycles. The fourth-order valence-corrected chi connectivity index (χ4v) is 9.55. The molecule has 5 rings (SSSR count). The van der Waals surface area contributed by atoms with Gasteiger partial charge in [-0.2, -0.15) is 0 Å². The molecule has 9 atom stereocenters. The summed E-state index contributed by atoms with van der Waals surface area (Å²) >= 11 is 0. The van der Waals surface area contributed by atoms with Crippen LogP contribution in [-0.4, -0.2) is 75.6 Å². The highest BCUT2D eigenvalue weighted by atomic mass is 16.5. The molecule has 250 valence electrons. The Bertz CT molecular complexity index is 1210. The minimum atomic E-state index is -1.35. The normalized spacial score (nSPS) is 36.4. The van der Waals surface area contributed by atoms with Gasteiger partial charge in [-0.15, -0.1) is 0 Å². The van der Waals surface area contributed by atoms with Gasteiger partial charge in [-0.05, 0) is 74.5 Å². The molecule has 0 bridgehead atoms. The number of Topliss-reactive ketones (excluding diaryl/α,β-unsaturated/α-hetero) is 1. The van der Waals surface area contributed by atoms with E-state index in [4.69, 9.17) is 9.47 Å². The molecule has 5 aliphatic rings. The zero-order valence-corrected chi connectivity index (χ0v) is 27.1. The Morgan fingerprint density at radius 1 is 1.00 bits per heavy atom. The van der Waals surface area contributed by atoms with Crippen LogP contribution in [0.4, 0.5) is 0 Å². The molecule has 45 heavy (non-hydrogen) atoms. The molecule has 0 spiro atoms. The number of aliphatic carboxylic acids is 2. The first-order chi connectivity index (χ1) is 21.4. The van der Waals surface area contributed by atoms with Crippen molar-refractivity contribution in [3.63, 3.8) is 0 Å². The molecular formula is C35H51NO9. The number of carbonyl (C=O) groups is 5. The summed E-state index contributed by atoms with van der Waals surface area (Å²) in [6.07, 6.45) is 9.54. The van der Waals surface area contributed by atoms with Crippen LogP contribution in [0.2, 0.25) is 0 Å². The van der Waals surface area contributed by atoms with Crippen molar-refractivity contribution >= 4 is 29.6 Å². The largest absolute Gasteiger partial charge is 0.481 e. The van der Waals surface area contributed by atoms with E-state index in [-0.39, 0.29) is 47.6 Å². The predicted octanol–water partition coefficient (Wildman–Crippen LogP) is 5.31. The van der Waals surface area contributed by atoms with E-state index < -0.39 is 47.9 Å². The van der Waals surface area contributed by atoms with Crippen LogP contribution in [0, 0.1) is 28.6 Å². The van der Waals surface area contributed by atoms with Crippen molar-refractivity contribution in [1.29, 1.82) is 0 Å². The average molecular weight is 630 g/mol. The molecule has 1 aliphatic heterocycles. The monoisotopic (exact) mass is 629 g/mol. The zero-order valence-electron chi connectivity index (χ0n) is 27.1. The van der Waals surface area contributed by atoms with Crippen molar-refractivity contribution in [2.24, 2.45) is 28.6 Å². The summed E-state index contributed by atoms with van der Waals surface area (Å²) in [6, 6.07) is -1.00. The number of esters is 1. The van der Waals surface area contributed by atoms with Gasteiger partial charge in [-0.3, -0.25) is 19.2 Å². The van der Waals surface area contributed by atoms with E-state index in [0.717, 1.165) is 63.4 Å². The van der Waals surface area contributed by atoms with Crippen molar-refractivity contribution in [3.05, 3.63) is 11.6 Å². The summed E-state index contributed by atoms with van der Waals surface area (Å²) in [7, 11) is 0. The number of ether oxygens (including phenoxy) is 2. The molecule has 2 N–H and O–H groups in total. The molecule has 1 heterocycles. The van der Waals surface area contributed by atoms with E-state index in [1.807, 2.05) is 0 Å². The third-order valence-corrected chi connectivity index (χ3v) is 12.1. The Morgan fingerprint density at radius 2 is 1.73 bits per heavy atom. The molecule has 0 aromatic heterocycles. The minimum absolute atomic E-state index is 0.0428. The topological polar surface area (TPSA) is 148 Å². The second kappa shape index (κ2) is 13.5. The molecule has 3 saturated carbocycles. The lowest BCUT2D eigenvalue weighted by Crippen LogP contribution is -2.57. The third-order valence-electron chi connectivity index (χ3n) is 12.1. The van der Waals surface area contributed by atoms with Gasteiger partial charge in [-0.1, -0.05) is 51.7 Å². The van der Waals surface area contributed by atoms with E-state index >= 15 is 0 Å². The fraction of sp³-hybridized carbons (Fsp3) is 0.800. The number of amides is 1. The van der Waals surface area contributed by atoms with Gasteiger partial charge in [0.05, 0.1) is 12.5 Å². The Labute approximate surface area is 266 Å². The summed E-state index contributed by atoms with van der Waals surface area (Å²) < 4.78 is 12.5. The molecule has 4 fully saturated rings. The van der Waals surface area contributed by atoms with E-state index in [1.165, 1.54) is 4.90 Å². The van der Waals surface area contributed by atoms with Crippen molar-refractivity contribution < 1.29 is 43.7 Å². The van der Waals surface area contributed by atoms with Gasteiger partial charge in [0.2, 0.25) is 0 Å². The van der Waals surface area contributed by atoms with Crippen LogP contribution in [-0.2, 0) is 33.4 Å². The minimum Gasteiger partial charge on any atom is -0.481 e. The molecule has 0 aromatic rings. The third kappa shape index (κ3) is 6.58. The second-order valence-corrected chi connectivity index (χ2v) is 14.7. The number of carbonyl (C=O) groups excluding carboxylic acids is 3. The Balaban J connectivity index is 1.44. The predicted molar refractivity (Wildman–Crippen MR) is 164 cm³/mol.